The molecular formula is C23H25N9O. The summed E-state index contributed by atoms with van der Waals surface area (Å²) >= 11 is 0. The van der Waals surface area contributed by atoms with Crippen molar-refractivity contribution in [2.24, 2.45) is 7.05 Å². The summed E-state index contributed by atoms with van der Waals surface area (Å²) in [4.78, 5) is 31.0. The minimum absolute atomic E-state index is 0.234. The predicted octanol–water partition coefficient (Wildman–Crippen LogP) is 2.21. The maximum Gasteiger partial charge on any atom is 0.257 e. The van der Waals surface area contributed by atoms with Crippen molar-refractivity contribution in [2.75, 3.05) is 43.4 Å². The van der Waals surface area contributed by atoms with E-state index in [1.54, 1.807) is 35.4 Å². The lowest BCUT2D eigenvalue weighted by atomic mass is 10.2. The molecule has 0 saturated carbocycles. The second-order valence-corrected chi connectivity index (χ2v) is 8.24. The SMILES string of the molecule is CN1CCCN(c2cc(C(=O)Nc3cc4nc(-c5cn(C)nn5)ccc4cn3)ccn2)CC1. The van der Waals surface area contributed by atoms with Crippen molar-refractivity contribution in [3.63, 3.8) is 0 Å². The van der Waals surface area contributed by atoms with Crippen LogP contribution in [0.15, 0.2) is 48.9 Å². The Morgan fingerprint density at radius 3 is 2.76 bits per heavy atom. The monoisotopic (exact) mass is 443 g/mol. The topological polar surface area (TPSA) is 105 Å². The van der Waals surface area contributed by atoms with Crippen molar-refractivity contribution in [1.29, 1.82) is 0 Å². The number of hydrogen-bond acceptors (Lipinski definition) is 8. The van der Waals surface area contributed by atoms with Crippen LogP contribution in [0.1, 0.15) is 16.8 Å². The second-order valence-electron chi connectivity index (χ2n) is 8.24. The third kappa shape index (κ3) is 4.65. The Kier molecular flexibility index (Phi) is 5.66. The van der Waals surface area contributed by atoms with Gasteiger partial charge in [0, 0.05) is 56.1 Å². The highest BCUT2D eigenvalue weighted by Gasteiger charge is 2.16. The largest absolute Gasteiger partial charge is 0.355 e. The fourth-order valence-electron chi connectivity index (χ4n) is 3.89. The van der Waals surface area contributed by atoms with E-state index in [4.69, 9.17) is 0 Å². The van der Waals surface area contributed by atoms with E-state index < -0.39 is 0 Å². The smallest absolute Gasteiger partial charge is 0.257 e. The standard InChI is InChI=1S/C23H25N9O/c1-30-8-3-9-32(11-10-30)22-12-16(6-7-24-22)23(33)27-21-13-19-17(14-25-21)4-5-18(26-19)20-15-31(2)29-28-20/h4-7,12-15H,3,8-11H2,1-2H3,(H,25,27,33). The van der Waals surface area contributed by atoms with Gasteiger partial charge >= 0.3 is 0 Å². The van der Waals surface area contributed by atoms with Crippen LogP contribution in [0.3, 0.4) is 0 Å². The van der Waals surface area contributed by atoms with Crippen LogP contribution in [0.25, 0.3) is 22.3 Å². The second kappa shape index (κ2) is 8.91. The first-order valence-corrected chi connectivity index (χ1v) is 10.9. The van der Waals surface area contributed by atoms with Crippen LogP contribution in [0.5, 0.6) is 0 Å². The predicted molar refractivity (Wildman–Crippen MR) is 126 cm³/mol. The highest BCUT2D eigenvalue weighted by molar-refractivity contribution is 6.04. The highest BCUT2D eigenvalue weighted by atomic mass is 16.1. The fraction of sp³-hybridized carbons (Fsp3) is 0.304. The third-order valence-corrected chi connectivity index (χ3v) is 5.73. The first-order valence-electron chi connectivity index (χ1n) is 10.9. The van der Waals surface area contributed by atoms with Gasteiger partial charge in [0.1, 0.15) is 17.3 Å². The van der Waals surface area contributed by atoms with E-state index in [1.165, 1.54) is 0 Å². The van der Waals surface area contributed by atoms with Crippen molar-refractivity contribution in [2.45, 2.75) is 6.42 Å². The zero-order valence-corrected chi connectivity index (χ0v) is 18.6. The van der Waals surface area contributed by atoms with Gasteiger partial charge in [0.05, 0.1) is 17.4 Å². The molecule has 0 spiro atoms. The van der Waals surface area contributed by atoms with E-state index in [1.807, 2.05) is 25.2 Å². The number of rotatable bonds is 4. The van der Waals surface area contributed by atoms with Gasteiger partial charge in [-0.2, -0.15) is 0 Å². The highest BCUT2D eigenvalue weighted by Crippen LogP contribution is 2.21. The number of hydrogen-bond donors (Lipinski definition) is 1. The molecule has 33 heavy (non-hydrogen) atoms. The van der Waals surface area contributed by atoms with Gasteiger partial charge in [-0.1, -0.05) is 5.21 Å². The molecule has 1 saturated heterocycles. The van der Waals surface area contributed by atoms with Crippen molar-refractivity contribution in [1.82, 2.24) is 34.8 Å². The molecule has 1 amide bonds. The maximum absolute atomic E-state index is 12.9. The number of anilines is 2. The molecule has 168 valence electrons. The van der Waals surface area contributed by atoms with Crippen LogP contribution in [0.4, 0.5) is 11.6 Å². The maximum atomic E-state index is 12.9. The van der Waals surface area contributed by atoms with Crippen molar-refractivity contribution in [3.8, 4) is 11.4 Å². The third-order valence-electron chi connectivity index (χ3n) is 5.73. The van der Waals surface area contributed by atoms with E-state index in [-0.39, 0.29) is 5.91 Å². The minimum atomic E-state index is -0.234. The molecule has 5 rings (SSSR count). The number of nitrogens with zero attached hydrogens (tertiary/aromatic N) is 8. The summed E-state index contributed by atoms with van der Waals surface area (Å²) in [6.45, 7) is 3.86. The van der Waals surface area contributed by atoms with E-state index in [0.717, 1.165) is 43.8 Å². The Morgan fingerprint density at radius 1 is 1.00 bits per heavy atom. The molecule has 0 bridgehead atoms. The Morgan fingerprint density at radius 2 is 1.91 bits per heavy atom. The lowest BCUT2D eigenvalue weighted by Crippen LogP contribution is -2.29. The molecule has 4 aromatic rings. The molecule has 0 aliphatic carbocycles. The van der Waals surface area contributed by atoms with Gasteiger partial charge in [0.15, 0.2) is 0 Å². The molecule has 1 N–H and O–H groups in total. The minimum Gasteiger partial charge on any atom is -0.355 e. The van der Waals surface area contributed by atoms with E-state index >= 15 is 0 Å². The Bertz CT molecular complexity index is 1300. The lowest BCUT2D eigenvalue weighted by Gasteiger charge is -2.21. The molecule has 0 aromatic carbocycles. The Hall–Kier alpha value is -3.92. The van der Waals surface area contributed by atoms with Gasteiger partial charge in [-0.15, -0.1) is 5.10 Å². The average Bonchev–Trinajstić information content (AvgIpc) is 3.15. The molecule has 1 fully saturated rings. The fourth-order valence-corrected chi connectivity index (χ4v) is 3.89. The molecule has 10 heteroatoms. The molecule has 5 heterocycles. The Labute approximate surface area is 191 Å². The average molecular weight is 444 g/mol. The molecule has 4 aromatic heterocycles. The number of amides is 1. The Balaban J connectivity index is 1.35. The number of aryl methyl sites for hydroxylation is 1. The number of carbonyl (C=O) groups is 1. The number of pyridine rings is 3. The van der Waals surface area contributed by atoms with Gasteiger partial charge in [0.2, 0.25) is 0 Å². The van der Waals surface area contributed by atoms with Gasteiger partial charge in [0.25, 0.3) is 5.91 Å². The number of fused-ring (bicyclic) bond motifs is 1. The first kappa shape index (κ1) is 21.0. The normalized spacial score (nSPS) is 14.9. The van der Waals surface area contributed by atoms with Crippen LogP contribution in [0, 0.1) is 0 Å². The van der Waals surface area contributed by atoms with Crippen LogP contribution in [-0.4, -0.2) is 74.0 Å². The van der Waals surface area contributed by atoms with Crippen LogP contribution >= 0.6 is 0 Å². The summed E-state index contributed by atoms with van der Waals surface area (Å²) in [7, 11) is 3.94. The summed E-state index contributed by atoms with van der Waals surface area (Å²) < 4.78 is 1.63. The number of carbonyl (C=O) groups excluding carboxylic acids is 1. The molecule has 0 atom stereocenters. The zero-order valence-electron chi connectivity index (χ0n) is 18.6. The summed E-state index contributed by atoms with van der Waals surface area (Å²) in [5, 5.41) is 11.8. The molecular weight excluding hydrogens is 418 g/mol. The van der Waals surface area contributed by atoms with Crippen LogP contribution < -0.4 is 10.2 Å². The molecule has 10 nitrogen and oxygen atoms in total. The number of aromatic nitrogens is 6. The first-order chi connectivity index (χ1) is 16.0. The van der Waals surface area contributed by atoms with Crippen molar-refractivity contribution >= 4 is 28.4 Å². The van der Waals surface area contributed by atoms with Gasteiger partial charge in [-0.25, -0.2) is 15.0 Å². The van der Waals surface area contributed by atoms with Crippen molar-refractivity contribution < 1.29 is 4.79 Å². The molecule has 0 radical (unpaired) electrons. The number of likely N-dealkylation sites (N-methyl/N-ethyl adjacent to an activating group) is 1. The summed E-state index contributed by atoms with van der Waals surface area (Å²) in [5.41, 5.74) is 2.65. The van der Waals surface area contributed by atoms with Crippen LogP contribution in [-0.2, 0) is 7.05 Å². The lowest BCUT2D eigenvalue weighted by molar-refractivity contribution is 0.102. The summed E-state index contributed by atoms with van der Waals surface area (Å²) in [6.07, 6.45) is 6.26. The summed E-state index contributed by atoms with van der Waals surface area (Å²) in [5.74, 6) is 1.02. The van der Waals surface area contributed by atoms with Gasteiger partial charge < -0.3 is 15.1 Å². The molecule has 1 aliphatic heterocycles. The van der Waals surface area contributed by atoms with Crippen molar-refractivity contribution in [3.05, 3.63) is 54.5 Å². The van der Waals surface area contributed by atoms with Gasteiger partial charge in [-0.05, 0) is 44.3 Å². The quantitative estimate of drug-likeness (QED) is 0.512. The van der Waals surface area contributed by atoms with Crippen LogP contribution in [0.2, 0.25) is 0 Å². The van der Waals surface area contributed by atoms with E-state index in [9.17, 15) is 4.79 Å². The summed E-state index contributed by atoms with van der Waals surface area (Å²) in [6, 6.07) is 9.13. The van der Waals surface area contributed by atoms with E-state index in [2.05, 4.69) is 47.4 Å². The zero-order chi connectivity index (χ0) is 22.8. The number of nitrogens with one attached hydrogen (secondary N) is 1. The molecule has 1 aliphatic rings. The van der Waals surface area contributed by atoms with E-state index in [0.29, 0.717) is 28.3 Å². The molecule has 0 unspecified atom stereocenters. The van der Waals surface area contributed by atoms with Gasteiger partial charge in [-0.3, -0.25) is 9.48 Å².